The first-order valence-corrected chi connectivity index (χ1v) is 9.76. The Balaban J connectivity index is 0.000000705. The number of hydrogen-bond acceptors (Lipinski definition) is 5. The summed E-state index contributed by atoms with van der Waals surface area (Å²) >= 11 is 0. The Morgan fingerprint density at radius 1 is 1.20 bits per heavy atom. The van der Waals surface area contributed by atoms with E-state index in [1.165, 1.54) is 23.7 Å². The predicted molar refractivity (Wildman–Crippen MR) is 97.3 cm³/mol. The number of imidazole rings is 1. The summed E-state index contributed by atoms with van der Waals surface area (Å²) in [5, 5.41) is 0. The summed E-state index contributed by atoms with van der Waals surface area (Å²) in [6, 6.07) is 0. The van der Waals surface area contributed by atoms with E-state index in [1.807, 2.05) is 0 Å². The third kappa shape index (κ3) is 5.95. The van der Waals surface area contributed by atoms with Crippen LogP contribution in [0.3, 0.4) is 0 Å². The van der Waals surface area contributed by atoms with Gasteiger partial charge in [0.05, 0.1) is 12.9 Å². The second-order valence-electron chi connectivity index (χ2n) is 5.41. The first kappa shape index (κ1) is 21.3. The van der Waals surface area contributed by atoms with Gasteiger partial charge in [0.15, 0.2) is 5.65 Å². The van der Waals surface area contributed by atoms with Crippen LogP contribution in [-0.4, -0.2) is 30.6 Å². The fraction of sp³-hybridized carbons (Fsp3) is 0.667. The molecule has 2 N–H and O–H groups in total. The number of fused-ring (bicyclic) bond motifs is 1. The zero-order valence-electron chi connectivity index (χ0n) is 14.9. The SMILES string of the molecule is CCCC.CCn1c(=O)n(CCCCO[PH](=O)O)c(=O)c2[nH]cnc21. The molecule has 0 radical (unpaired) electrons. The highest BCUT2D eigenvalue weighted by molar-refractivity contribution is 7.32. The number of unbranched alkanes of at least 4 members (excludes halogenated alkanes) is 2. The summed E-state index contributed by atoms with van der Waals surface area (Å²) in [6.07, 6.45) is 5.00. The van der Waals surface area contributed by atoms with Crippen LogP contribution in [0.1, 0.15) is 46.5 Å². The molecule has 0 aliphatic carbocycles. The fourth-order valence-electron chi connectivity index (χ4n) is 2.12. The molecule has 9 nitrogen and oxygen atoms in total. The molecule has 0 aliphatic heterocycles. The van der Waals surface area contributed by atoms with Gasteiger partial charge in [-0.05, 0) is 19.8 Å². The Labute approximate surface area is 146 Å². The van der Waals surface area contributed by atoms with Crippen LogP contribution in [0.15, 0.2) is 15.9 Å². The van der Waals surface area contributed by atoms with Gasteiger partial charge >= 0.3 is 13.9 Å². The van der Waals surface area contributed by atoms with Crippen LogP contribution in [0.5, 0.6) is 0 Å². The lowest BCUT2D eigenvalue weighted by atomic mass is 10.3. The number of nitrogens with zero attached hydrogens (tertiary/aromatic N) is 3. The van der Waals surface area contributed by atoms with Crippen molar-refractivity contribution in [2.24, 2.45) is 0 Å². The largest absolute Gasteiger partial charge is 0.339 e. The second kappa shape index (κ2) is 11.0. The maximum absolute atomic E-state index is 12.3. The molecule has 0 fully saturated rings. The second-order valence-corrected chi connectivity index (χ2v) is 6.23. The molecule has 2 rings (SSSR count). The molecule has 2 heterocycles. The van der Waals surface area contributed by atoms with E-state index in [0.29, 0.717) is 30.6 Å². The van der Waals surface area contributed by atoms with Crippen molar-refractivity contribution in [2.75, 3.05) is 6.61 Å². The summed E-state index contributed by atoms with van der Waals surface area (Å²) in [6.45, 7) is 6.92. The normalized spacial score (nSPS) is 12.0. The molecule has 25 heavy (non-hydrogen) atoms. The van der Waals surface area contributed by atoms with Gasteiger partial charge < -0.3 is 14.4 Å². The van der Waals surface area contributed by atoms with Crippen LogP contribution < -0.4 is 11.2 Å². The molecule has 0 saturated heterocycles. The van der Waals surface area contributed by atoms with Gasteiger partial charge in [0.2, 0.25) is 0 Å². The minimum atomic E-state index is -2.92. The van der Waals surface area contributed by atoms with Gasteiger partial charge in [0.1, 0.15) is 5.52 Å². The summed E-state index contributed by atoms with van der Waals surface area (Å²) in [5.74, 6) is 0. The lowest BCUT2D eigenvalue weighted by Crippen LogP contribution is -2.40. The topological polar surface area (TPSA) is 119 Å². The minimum absolute atomic E-state index is 0.122. The monoisotopic (exact) mass is 374 g/mol. The van der Waals surface area contributed by atoms with E-state index in [4.69, 9.17) is 4.89 Å². The zero-order chi connectivity index (χ0) is 18.8. The van der Waals surface area contributed by atoms with E-state index in [0.717, 1.165) is 4.57 Å². The molecule has 1 unspecified atom stereocenters. The van der Waals surface area contributed by atoms with E-state index in [1.54, 1.807) is 6.92 Å². The van der Waals surface area contributed by atoms with Gasteiger partial charge in [-0.15, -0.1) is 0 Å². The van der Waals surface area contributed by atoms with Crippen molar-refractivity contribution in [1.82, 2.24) is 19.1 Å². The summed E-state index contributed by atoms with van der Waals surface area (Å²) in [5.41, 5.74) is -0.160. The van der Waals surface area contributed by atoms with Gasteiger partial charge in [-0.2, -0.15) is 0 Å². The van der Waals surface area contributed by atoms with Crippen LogP contribution in [0.2, 0.25) is 0 Å². The highest BCUT2D eigenvalue weighted by Crippen LogP contribution is 2.14. The molecule has 0 bridgehead atoms. The molecule has 2 aromatic heterocycles. The van der Waals surface area contributed by atoms with Crippen LogP contribution in [0.4, 0.5) is 0 Å². The number of aromatic nitrogens is 4. The Kier molecular flexibility index (Phi) is 9.41. The van der Waals surface area contributed by atoms with Crippen LogP contribution in [0.25, 0.3) is 11.2 Å². The molecule has 1 atom stereocenters. The molecule has 10 heteroatoms. The molecule has 0 aromatic carbocycles. The molecule has 2 aromatic rings. The van der Waals surface area contributed by atoms with Crippen LogP contribution in [0, 0.1) is 0 Å². The van der Waals surface area contributed by atoms with Crippen LogP contribution >= 0.6 is 8.25 Å². The van der Waals surface area contributed by atoms with Crippen molar-refractivity contribution in [3.05, 3.63) is 27.2 Å². The molecule has 142 valence electrons. The van der Waals surface area contributed by atoms with Crippen molar-refractivity contribution in [1.29, 1.82) is 0 Å². The molecular formula is C15H27N4O5P. The number of rotatable bonds is 8. The minimum Gasteiger partial charge on any atom is -0.339 e. The lowest BCUT2D eigenvalue weighted by molar-refractivity contribution is 0.272. The molecule has 0 aliphatic rings. The average Bonchev–Trinajstić information content (AvgIpc) is 3.07. The number of aryl methyl sites for hydroxylation is 1. The maximum atomic E-state index is 12.3. The Hall–Kier alpha value is -1.70. The number of nitrogens with one attached hydrogen (secondary N) is 1. The van der Waals surface area contributed by atoms with E-state index >= 15 is 0 Å². The van der Waals surface area contributed by atoms with Crippen molar-refractivity contribution in [3.63, 3.8) is 0 Å². The summed E-state index contributed by atoms with van der Waals surface area (Å²) in [7, 11) is -2.92. The van der Waals surface area contributed by atoms with Gasteiger partial charge in [-0.25, -0.2) is 9.78 Å². The summed E-state index contributed by atoms with van der Waals surface area (Å²) in [4.78, 5) is 39.7. The Morgan fingerprint density at radius 3 is 2.44 bits per heavy atom. The molecule has 0 saturated carbocycles. The molecule has 0 spiro atoms. The average molecular weight is 374 g/mol. The van der Waals surface area contributed by atoms with Crippen molar-refractivity contribution < 1.29 is 14.0 Å². The van der Waals surface area contributed by atoms with Crippen LogP contribution in [-0.2, 0) is 22.2 Å². The van der Waals surface area contributed by atoms with Crippen molar-refractivity contribution in [3.8, 4) is 0 Å². The van der Waals surface area contributed by atoms with Gasteiger partial charge in [0.25, 0.3) is 5.56 Å². The quantitative estimate of drug-likeness (QED) is 0.538. The number of H-pyrrole nitrogens is 1. The highest BCUT2D eigenvalue weighted by Gasteiger charge is 2.13. The van der Waals surface area contributed by atoms with Gasteiger partial charge in [0, 0.05) is 13.1 Å². The summed E-state index contributed by atoms with van der Waals surface area (Å²) < 4.78 is 17.5. The Bertz CT molecular complexity index is 793. The third-order valence-corrected chi connectivity index (χ3v) is 4.06. The van der Waals surface area contributed by atoms with Gasteiger partial charge in [-0.3, -0.25) is 18.5 Å². The standard InChI is InChI=1S/C11H17N4O5P.C4H10/c1-2-14-9-8(12-7-13-9)10(16)15(11(14)17)5-3-4-6-20-21(18)19;1-3-4-2/h7,21H,2-6H2,1H3,(H,12,13)(H,18,19);3-4H2,1-2H3. The Morgan fingerprint density at radius 2 is 1.88 bits per heavy atom. The predicted octanol–water partition coefficient (Wildman–Crippen LogP) is 1.89. The third-order valence-electron chi connectivity index (χ3n) is 3.61. The fourth-order valence-corrected chi connectivity index (χ4v) is 2.44. The van der Waals surface area contributed by atoms with Crippen molar-refractivity contribution >= 4 is 19.4 Å². The highest BCUT2D eigenvalue weighted by atomic mass is 31.1. The lowest BCUT2D eigenvalue weighted by Gasteiger charge is -2.09. The smallest absolute Gasteiger partial charge is 0.332 e. The molecular weight excluding hydrogens is 347 g/mol. The first-order chi connectivity index (χ1) is 12.0. The zero-order valence-corrected chi connectivity index (χ0v) is 15.9. The number of aromatic amines is 1. The maximum Gasteiger partial charge on any atom is 0.332 e. The van der Waals surface area contributed by atoms with Crippen molar-refractivity contribution in [2.45, 2.75) is 59.5 Å². The van der Waals surface area contributed by atoms with E-state index in [2.05, 4.69) is 28.3 Å². The number of hydrogen-bond donors (Lipinski definition) is 2. The van der Waals surface area contributed by atoms with E-state index in [-0.39, 0.29) is 13.2 Å². The van der Waals surface area contributed by atoms with Gasteiger partial charge in [-0.1, -0.05) is 26.7 Å². The molecule has 0 amide bonds. The van der Waals surface area contributed by atoms with E-state index < -0.39 is 19.5 Å². The first-order valence-electron chi connectivity index (χ1n) is 8.50. The van der Waals surface area contributed by atoms with E-state index in [9.17, 15) is 14.2 Å².